The number of rotatable bonds is 5. The third-order valence-electron chi connectivity index (χ3n) is 4.36. The van der Waals surface area contributed by atoms with E-state index in [9.17, 15) is 4.79 Å². The van der Waals surface area contributed by atoms with E-state index in [0.29, 0.717) is 43.3 Å². The first-order valence-corrected chi connectivity index (χ1v) is 8.47. The molecule has 8 heteroatoms. The van der Waals surface area contributed by atoms with Crippen molar-refractivity contribution in [3.63, 3.8) is 0 Å². The molecule has 0 aliphatic carbocycles. The number of amides is 1. The maximum Gasteiger partial charge on any atom is 0.255 e. The first-order chi connectivity index (χ1) is 12.6. The van der Waals surface area contributed by atoms with Crippen molar-refractivity contribution in [2.45, 2.75) is 19.1 Å². The third kappa shape index (κ3) is 3.29. The lowest BCUT2D eigenvalue weighted by Gasteiger charge is -2.22. The van der Waals surface area contributed by atoms with Gasteiger partial charge < -0.3 is 14.8 Å². The molecule has 0 unspecified atom stereocenters. The van der Waals surface area contributed by atoms with Gasteiger partial charge in [0.05, 0.1) is 13.2 Å². The highest BCUT2D eigenvalue weighted by atomic mass is 16.7. The number of hydrogen-bond donors (Lipinski definition) is 1. The molecule has 1 fully saturated rings. The van der Waals surface area contributed by atoms with Crippen LogP contribution >= 0.6 is 0 Å². The van der Waals surface area contributed by atoms with Gasteiger partial charge in [0.25, 0.3) is 11.7 Å². The number of fused-ring (bicyclic) bond motifs is 1. The van der Waals surface area contributed by atoms with Crippen LogP contribution < -0.4 is 5.32 Å². The fourth-order valence-corrected chi connectivity index (χ4v) is 2.92. The quantitative estimate of drug-likeness (QED) is 0.750. The highest BCUT2D eigenvalue weighted by Gasteiger charge is 2.30. The van der Waals surface area contributed by atoms with E-state index in [4.69, 9.17) is 9.47 Å². The molecule has 26 heavy (non-hydrogen) atoms. The largest absolute Gasteiger partial charge is 0.352 e. The Hall–Kier alpha value is -2.84. The number of nitrogens with zero attached hydrogens (tertiary/aromatic N) is 4. The van der Waals surface area contributed by atoms with Gasteiger partial charge in [-0.25, -0.2) is 4.98 Å². The van der Waals surface area contributed by atoms with E-state index in [1.165, 1.54) is 0 Å². The second kappa shape index (κ2) is 6.81. The summed E-state index contributed by atoms with van der Waals surface area (Å²) in [6, 6.07) is 9.06. The van der Waals surface area contributed by atoms with E-state index in [1.54, 1.807) is 22.7 Å². The van der Waals surface area contributed by atoms with Crippen molar-refractivity contribution in [2.24, 2.45) is 0 Å². The topological polar surface area (TPSA) is 90.6 Å². The molecule has 3 heterocycles. The second-order valence-electron chi connectivity index (χ2n) is 6.23. The smallest absolute Gasteiger partial charge is 0.255 e. The minimum Gasteiger partial charge on any atom is -0.352 e. The molecule has 2 aromatic heterocycles. The lowest BCUT2D eigenvalue weighted by atomic mass is 10.1. The van der Waals surface area contributed by atoms with Crippen LogP contribution in [0.15, 0.2) is 42.7 Å². The van der Waals surface area contributed by atoms with E-state index < -0.39 is 5.79 Å². The van der Waals surface area contributed by atoms with Crippen molar-refractivity contribution in [1.29, 1.82) is 0 Å². The van der Waals surface area contributed by atoms with E-state index in [-0.39, 0.29) is 5.91 Å². The van der Waals surface area contributed by atoms with Crippen LogP contribution in [0, 0.1) is 0 Å². The van der Waals surface area contributed by atoms with Gasteiger partial charge in [-0.2, -0.15) is 0 Å². The molecule has 1 N–H and O–H groups in total. The van der Waals surface area contributed by atoms with Crippen molar-refractivity contribution in [2.75, 3.05) is 19.8 Å². The number of nitrogens with one attached hydrogen (secondary N) is 1. The Bertz CT molecular complexity index is 916. The second-order valence-corrected chi connectivity index (χ2v) is 6.23. The molecule has 1 amide bonds. The Morgan fingerprint density at radius 1 is 1.23 bits per heavy atom. The van der Waals surface area contributed by atoms with Gasteiger partial charge in [0, 0.05) is 36.5 Å². The summed E-state index contributed by atoms with van der Waals surface area (Å²) in [6.45, 7) is 3.56. The van der Waals surface area contributed by atoms with Gasteiger partial charge in [-0.05, 0) is 25.1 Å². The molecule has 0 bridgehead atoms. The van der Waals surface area contributed by atoms with Gasteiger partial charge in [-0.3, -0.25) is 9.20 Å². The molecule has 0 atom stereocenters. The zero-order valence-electron chi connectivity index (χ0n) is 14.4. The number of aromatic nitrogens is 4. The van der Waals surface area contributed by atoms with Crippen LogP contribution in [-0.4, -0.2) is 51.0 Å². The van der Waals surface area contributed by atoms with Crippen molar-refractivity contribution in [3.8, 4) is 11.4 Å². The van der Waals surface area contributed by atoms with Gasteiger partial charge in [0.1, 0.15) is 0 Å². The van der Waals surface area contributed by atoms with Crippen molar-refractivity contribution in [3.05, 3.63) is 48.3 Å². The summed E-state index contributed by atoms with van der Waals surface area (Å²) >= 11 is 0. The standard InChI is InChI=1S/C18H19N5O3/c1-18(25-11-12-26-18)7-9-19-16(24)14-5-3-13(4-6-14)15-21-22-17-20-8-2-10-23(15)17/h2-6,8,10H,7,9,11-12H2,1H3,(H,19,24). The van der Waals surface area contributed by atoms with Crippen molar-refractivity contribution < 1.29 is 14.3 Å². The molecule has 3 aromatic rings. The SMILES string of the molecule is CC1(CCNC(=O)c2ccc(-c3nnc4ncccn34)cc2)OCCO1. The molecule has 8 nitrogen and oxygen atoms in total. The van der Waals surface area contributed by atoms with Gasteiger partial charge in [0.2, 0.25) is 0 Å². The van der Waals surface area contributed by atoms with E-state index in [0.717, 1.165) is 5.56 Å². The molecule has 1 aromatic carbocycles. The highest BCUT2D eigenvalue weighted by molar-refractivity contribution is 5.94. The first kappa shape index (κ1) is 16.6. The molecule has 0 spiro atoms. The van der Waals surface area contributed by atoms with Crippen LogP contribution in [0.25, 0.3) is 17.2 Å². The molecular weight excluding hydrogens is 334 g/mol. The summed E-state index contributed by atoms with van der Waals surface area (Å²) in [5.41, 5.74) is 1.45. The molecule has 0 radical (unpaired) electrons. The molecule has 1 saturated heterocycles. The molecule has 1 aliphatic heterocycles. The van der Waals surface area contributed by atoms with Crippen LogP contribution in [0.1, 0.15) is 23.7 Å². The van der Waals surface area contributed by atoms with Gasteiger partial charge in [-0.15, -0.1) is 10.2 Å². The monoisotopic (exact) mass is 353 g/mol. The van der Waals surface area contributed by atoms with E-state index in [2.05, 4.69) is 20.5 Å². The minimum atomic E-state index is -0.597. The predicted octanol–water partition coefficient (Wildman–Crippen LogP) is 1.67. The number of carbonyl (C=O) groups excluding carboxylic acids is 1. The Kier molecular flexibility index (Phi) is 4.36. The third-order valence-corrected chi connectivity index (χ3v) is 4.36. The van der Waals surface area contributed by atoms with Crippen molar-refractivity contribution in [1.82, 2.24) is 24.9 Å². The van der Waals surface area contributed by atoms with Crippen LogP contribution in [0.4, 0.5) is 0 Å². The summed E-state index contributed by atoms with van der Waals surface area (Å²) in [7, 11) is 0. The lowest BCUT2D eigenvalue weighted by Crippen LogP contribution is -2.33. The zero-order valence-corrected chi connectivity index (χ0v) is 14.4. The summed E-state index contributed by atoms with van der Waals surface area (Å²) in [6.07, 6.45) is 4.13. The average Bonchev–Trinajstić information content (AvgIpc) is 3.28. The lowest BCUT2D eigenvalue weighted by molar-refractivity contribution is -0.145. The fraction of sp³-hybridized carbons (Fsp3) is 0.333. The number of hydrogen-bond acceptors (Lipinski definition) is 6. The van der Waals surface area contributed by atoms with E-state index >= 15 is 0 Å². The van der Waals surface area contributed by atoms with E-state index in [1.807, 2.05) is 31.3 Å². The molecule has 134 valence electrons. The van der Waals surface area contributed by atoms with Crippen LogP contribution in [0.2, 0.25) is 0 Å². The van der Waals surface area contributed by atoms with Crippen LogP contribution in [-0.2, 0) is 9.47 Å². The van der Waals surface area contributed by atoms with Gasteiger partial charge >= 0.3 is 0 Å². The first-order valence-electron chi connectivity index (χ1n) is 8.47. The highest BCUT2D eigenvalue weighted by Crippen LogP contribution is 2.22. The summed E-state index contributed by atoms with van der Waals surface area (Å²) in [4.78, 5) is 16.4. The molecule has 0 saturated carbocycles. The fourth-order valence-electron chi connectivity index (χ4n) is 2.92. The number of carbonyl (C=O) groups is 1. The normalized spacial score (nSPS) is 16.0. The maximum atomic E-state index is 12.3. The number of ether oxygens (including phenoxy) is 2. The van der Waals surface area contributed by atoms with Gasteiger partial charge in [0.15, 0.2) is 11.6 Å². The summed E-state index contributed by atoms with van der Waals surface area (Å²) in [5, 5.41) is 11.1. The number of benzene rings is 1. The minimum absolute atomic E-state index is 0.133. The average molecular weight is 353 g/mol. The Morgan fingerprint density at radius 2 is 2.00 bits per heavy atom. The zero-order chi connectivity index (χ0) is 18.0. The Labute approximate surface area is 150 Å². The Morgan fingerprint density at radius 3 is 2.77 bits per heavy atom. The Balaban J connectivity index is 1.41. The summed E-state index contributed by atoms with van der Waals surface area (Å²) < 4.78 is 12.9. The molecule has 1 aliphatic rings. The summed E-state index contributed by atoms with van der Waals surface area (Å²) in [5.74, 6) is 0.489. The van der Waals surface area contributed by atoms with Crippen LogP contribution in [0.5, 0.6) is 0 Å². The van der Waals surface area contributed by atoms with Crippen LogP contribution in [0.3, 0.4) is 0 Å². The molecule has 4 rings (SSSR count). The molecular formula is C18H19N5O3. The maximum absolute atomic E-state index is 12.3. The predicted molar refractivity (Wildman–Crippen MR) is 93.5 cm³/mol. The van der Waals surface area contributed by atoms with Gasteiger partial charge in [-0.1, -0.05) is 12.1 Å². The van der Waals surface area contributed by atoms with Crippen molar-refractivity contribution >= 4 is 11.7 Å².